The van der Waals surface area contributed by atoms with Crippen LogP contribution in [-0.4, -0.2) is 38.9 Å². The van der Waals surface area contributed by atoms with Crippen LogP contribution in [0, 0.1) is 32.6 Å². The van der Waals surface area contributed by atoms with Gasteiger partial charge in [-0.05, 0) is 56.8 Å². The smallest absolute Gasteiger partial charge is 0.243 e. The highest BCUT2D eigenvalue weighted by molar-refractivity contribution is 7.89. The highest BCUT2D eigenvalue weighted by atomic mass is 35.5. The van der Waals surface area contributed by atoms with Gasteiger partial charge in [0.05, 0.1) is 4.90 Å². The van der Waals surface area contributed by atoms with Crippen molar-refractivity contribution in [2.75, 3.05) is 26.2 Å². The number of halogens is 1. The molecule has 2 heterocycles. The number of nitrogens with one attached hydrogen (secondary N) is 1. The molecule has 0 bridgehead atoms. The van der Waals surface area contributed by atoms with Gasteiger partial charge in [0.15, 0.2) is 0 Å². The molecule has 0 spiro atoms. The van der Waals surface area contributed by atoms with E-state index in [1.807, 2.05) is 32.9 Å². The molecule has 0 unspecified atom stereocenters. The van der Waals surface area contributed by atoms with Gasteiger partial charge in [-0.3, -0.25) is 0 Å². The van der Waals surface area contributed by atoms with E-state index >= 15 is 0 Å². The molecule has 2 atom stereocenters. The molecule has 6 heteroatoms. The molecule has 1 N–H and O–H groups in total. The van der Waals surface area contributed by atoms with Crippen molar-refractivity contribution in [3.05, 3.63) is 28.8 Å². The van der Waals surface area contributed by atoms with Gasteiger partial charge in [-0.25, -0.2) is 8.42 Å². The Labute approximate surface area is 133 Å². The van der Waals surface area contributed by atoms with Crippen LogP contribution >= 0.6 is 12.4 Å². The highest BCUT2D eigenvalue weighted by Gasteiger charge is 2.42. The summed E-state index contributed by atoms with van der Waals surface area (Å²) in [6, 6.07) is 3.91. The summed E-state index contributed by atoms with van der Waals surface area (Å²) in [5, 5.41) is 3.34. The molecule has 21 heavy (non-hydrogen) atoms. The van der Waals surface area contributed by atoms with Gasteiger partial charge in [-0.15, -0.1) is 12.4 Å². The molecule has 118 valence electrons. The third-order valence-electron chi connectivity index (χ3n) is 4.56. The Hall–Kier alpha value is -0.620. The first-order chi connectivity index (χ1) is 9.39. The number of benzene rings is 1. The molecule has 4 nitrogen and oxygen atoms in total. The summed E-state index contributed by atoms with van der Waals surface area (Å²) < 4.78 is 27.5. The van der Waals surface area contributed by atoms with E-state index in [9.17, 15) is 8.42 Å². The van der Waals surface area contributed by atoms with E-state index in [0.29, 0.717) is 29.8 Å². The van der Waals surface area contributed by atoms with E-state index < -0.39 is 10.0 Å². The summed E-state index contributed by atoms with van der Waals surface area (Å²) in [5.74, 6) is 0.965. The van der Waals surface area contributed by atoms with Crippen molar-refractivity contribution in [1.82, 2.24) is 9.62 Å². The molecule has 0 saturated carbocycles. The zero-order chi connectivity index (χ0) is 14.5. The average molecular weight is 331 g/mol. The number of hydrogen-bond acceptors (Lipinski definition) is 3. The van der Waals surface area contributed by atoms with Gasteiger partial charge in [0.25, 0.3) is 0 Å². The molecule has 3 rings (SSSR count). The second kappa shape index (κ2) is 5.88. The quantitative estimate of drug-likeness (QED) is 0.900. The van der Waals surface area contributed by atoms with Crippen LogP contribution < -0.4 is 5.32 Å². The Bertz CT molecular complexity index is 610. The molecule has 2 aliphatic heterocycles. The Kier molecular flexibility index (Phi) is 4.69. The third kappa shape index (κ3) is 2.84. The maximum atomic E-state index is 12.9. The fourth-order valence-corrected chi connectivity index (χ4v) is 5.68. The molecule has 1 aromatic carbocycles. The molecule has 1 aromatic rings. The van der Waals surface area contributed by atoms with Crippen molar-refractivity contribution < 1.29 is 8.42 Å². The van der Waals surface area contributed by atoms with E-state index in [2.05, 4.69) is 5.32 Å². The molecule has 0 amide bonds. The summed E-state index contributed by atoms with van der Waals surface area (Å²) >= 11 is 0. The van der Waals surface area contributed by atoms with E-state index in [1.54, 1.807) is 4.31 Å². The van der Waals surface area contributed by atoms with Crippen molar-refractivity contribution in [3.63, 3.8) is 0 Å². The molecule has 0 radical (unpaired) electrons. The highest BCUT2D eigenvalue weighted by Crippen LogP contribution is 2.33. The topological polar surface area (TPSA) is 49.4 Å². The Balaban J connectivity index is 0.00000161. The summed E-state index contributed by atoms with van der Waals surface area (Å²) in [6.45, 7) is 9.00. The first-order valence-electron chi connectivity index (χ1n) is 7.18. The third-order valence-corrected chi connectivity index (χ3v) is 6.70. The standard InChI is InChI=1S/C15H22N2O2S.ClH/c1-10-4-11(2)15(12(3)5-10)20(18,19)17-8-13-6-16-7-14(13)9-17;/h4-5,13-14,16H,6-9H2,1-3H3;1H/t13-,14+;. The number of fused-ring (bicyclic) bond motifs is 1. The van der Waals surface area contributed by atoms with Crippen LogP contribution in [0.15, 0.2) is 17.0 Å². The van der Waals surface area contributed by atoms with Crippen molar-refractivity contribution in [1.29, 1.82) is 0 Å². The van der Waals surface area contributed by atoms with Crippen LogP contribution in [0.4, 0.5) is 0 Å². The molecule has 2 aliphatic rings. The molecule has 2 fully saturated rings. The minimum Gasteiger partial charge on any atom is -0.316 e. The van der Waals surface area contributed by atoms with E-state index in [1.165, 1.54) is 0 Å². The largest absolute Gasteiger partial charge is 0.316 e. The molecule has 0 aliphatic carbocycles. The lowest BCUT2D eigenvalue weighted by Gasteiger charge is -2.20. The van der Waals surface area contributed by atoms with Crippen LogP contribution in [0.5, 0.6) is 0 Å². The minimum absolute atomic E-state index is 0. The lowest BCUT2D eigenvalue weighted by atomic mass is 10.0. The number of nitrogens with zero attached hydrogens (tertiary/aromatic N) is 1. The lowest BCUT2D eigenvalue weighted by Crippen LogP contribution is -2.32. The van der Waals surface area contributed by atoms with Gasteiger partial charge >= 0.3 is 0 Å². The van der Waals surface area contributed by atoms with E-state index in [-0.39, 0.29) is 12.4 Å². The average Bonchev–Trinajstić information content (AvgIpc) is 2.85. The zero-order valence-electron chi connectivity index (χ0n) is 12.7. The Morgan fingerprint density at radius 2 is 1.52 bits per heavy atom. The summed E-state index contributed by atoms with van der Waals surface area (Å²) in [4.78, 5) is 0.510. The molecule has 2 saturated heterocycles. The fraction of sp³-hybridized carbons (Fsp3) is 0.600. The number of hydrogen-bond donors (Lipinski definition) is 1. The van der Waals surface area contributed by atoms with Crippen molar-refractivity contribution >= 4 is 22.4 Å². The second-order valence-electron chi connectivity index (χ2n) is 6.23. The molecular weight excluding hydrogens is 308 g/mol. The van der Waals surface area contributed by atoms with E-state index in [0.717, 1.165) is 29.8 Å². The lowest BCUT2D eigenvalue weighted by molar-refractivity contribution is 0.447. The number of sulfonamides is 1. The minimum atomic E-state index is -3.35. The van der Waals surface area contributed by atoms with Crippen molar-refractivity contribution in [3.8, 4) is 0 Å². The normalized spacial score (nSPS) is 25.7. The van der Waals surface area contributed by atoms with Crippen molar-refractivity contribution in [2.24, 2.45) is 11.8 Å². The number of rotatable bonds is 2. The second-order valence-corrected chi connectivity index (χ2v) is 8.10. The van der Waals surface area contributed by atoms with Gasteiger partial charge < -0.3 is 5.32 Å². The Morgan fingerprint density at radius 1 is 1.05 bits per heavy atom. The number of aryl methyl sites for hydroxylation is 3. The van der Waals surface area contributed by atoms with Gasteiger partial charge in [-0.2, -0.15) is 4.31 Å². The van der Waals surface area contributed by atoms with Crippen LogP contribution in [-0.2, 0) is 10.0 Å². The predicted octanol–water partition coefficient (Wildman–Crippen LogP) is 1.87. The predicted molar refractivity (Wildman–Crippen MR) is 86.5 cm³/mol. The SMILES string of the molecule is Cc1cc(C)c(S(=O)(=O)N2C[C@H]3CNC[C@H]3C2)c(C)c1.Cl. The Morgan fingerprint density at radius 3 is 2.00 bits per heavy atom. The van der Waals surface area contributed by atoms with Gasteiger partial charge in [0, 0.05) is 13.1 Å². The summed E-state index contributed by atoms with van der Waals surface area (Å²) in [5.41, 5.74) is 2.83. The zero-order valence-corrected chi connectivity index (χ0v) is 14.4. The monoisotopic (exact) mass is 330 g/mol. The van der Waals surface area contributed by atoms with Gasteiger partial charge in [0.2, 0.25) is 10.0 Å². The van der Waals surface area contributed by atoms with Gasteiger partial charge in [-0.1, -0.05) is 17.7 Å². The maximum Gasteiger partial charge on any atom is 0.243 e. The first-order valence-corrected chi connectivity index (χ1v) is 8.62. The van der Waals surface area contributed by atoms with E-state index in [4.69, 9.17) is 0 Å². The van der Waals surface area contributed by atoms with Crippen LogP contribution in [0.2, 0.25) is 0 Å². The summed E-state index contributed by atoms with van der Waals surface area (Å²) in [6.07, 6.45) is 0. The van der Waals surface area contributed by atoms with Crippen LogP contribution in [0.25, 0.3) is 0 Å². The van der Waals surface area contributed by atoms with Crippen LogP contribution in [0.1, 0.15) is 16.7 Å². The van der Waals surface area contributed by atoms with Crippen molar-refractivity contribution in [2.45, 2.75) is 25.7 Å². The first kappa shape index (κ1) is 16.7. The fourth-order valence-electron chi connectivity index (χ4n) is 3.71. The molecular formula is C15H23ClN2O2S. The summed E-state index contributed by atoms with van der Waals surface area (Å²) in [7, 11) is -3.35. The van der Waals surface area contributed by atoms with Gasteiger partial charge in [0.1, 0.15) is 0 Å². The maximum absolute atomic E-state index is 12.9. The molecule has 0 aromatic heterocycles. The van der Waals surface area contributed by atoms with Crippen LogP contribution in [0.3, 0.4) is 0 Å².